The van der Waals surface area contributed by atoms with Gasteiger partial charge in [-0.3, -0.25) is 0 Å². The molecule has 0 unspecified atom stereocenters. The van der Waals surface area contributed by atoms with Crippen molar-refractivity contribution in [3.63, 3.8) is 0 Å². The zero-order valence-electron chi connectivity index (χ0n) is 8.42. The molecule has 0 aliphatic rings. The molecular formula is C11H12ClNO2. The molecule has 3 nitrogen and oxygen atoms in total. The third-order valence-electron chi connectivity index (χ3n) is 2.25. The fraction of sp³-hybridized carbons (Fsp3) is 0.182. The van der Waals surface area contributed by atoms with Gasteiger partial charge in [0.1, 0.15) is 12.1 Å². The molecule has 0 saturated heterocycles. The second-order valence-corrected chi connectivity index (χ2v) is 3.34. The number of halogens is 1. The predicted octanol–water partition coefficient (Wildman–Crippen LogP) is -2.15. The lowest BCUT2D eigenvalue weighted by Gasteiger charge is -2.01. The van der Waals surface area contributed by atoms with E-state index < -0.39 is 0 Å². The fourth-order valence-corrected chi connectivity index (χ4v) is 1.55. The fourth-order valence-electron chi connectivity index (χ4n) is 1.55. The van der Waals surface area contributed by atoms with E-state index in [4.69, 9.17) is 4.42 Å². The number of aryl methyl sites for hydroxylation is 1. The Morgan fingerprint density at radius 3 is 2.73 bits per heavy atom. The van der Waals surface area contributed by atoms with E-state index in [-0.39, 0.29) is 18.0 Å². The molecule has 0 fully saturated rings. The molecule has 2 rings (SSSR count). The lowest BCUT2D eigenvalue weighted by molar-refractivity contribution is -0.386. The van der Waals surface area contributed by atoms with Crippen LogP contribution in [-0.2, 0) is 6.54 Å². The molecule has 80 valence electrons. The van der Waals surface area contributed by atoms with Crippen LogP contribution in [0.25, 0.3) is 11.0 Å². The second-order valence-electron chi connectivity index (χ2n) is 3.34. The Labute approximate surface area is 93.3 Å². The normalized spacial score (nSPS) is 10.0. The van der Waals surface area contributed by atoms with Gasteiger partial charge in [0.2, 0.25) is 0 Å². The van der Waals surface area contributed by atoms with Crippen LogP contribution in [0.5, 0.6) is 0 Å². The first-order valence-corrected chi connectivity index (χ1v) is 4.53. The topological polar surface area (TPSA) is 57.9 Å². The van der Waals surface area contributed by atoms with Crippen LogP contribution >= 0.6 is 0 Å². The van der Waals surface area contributed by atoms with Crippen molar-refractivity contribution in [1.29, 1.82) is 0 Å². The van der Waals surface area contributed by atoms with Gasteiger partial charge < -0.3 is 22.6 Å². The van der Waals surface area contributed by atoms with Crippen LogP contribution in [0, 0.1) is 6.92 Å². The van der Waals surface area contributed by atoms with E-state index in [9.17, 15) is 4.79 Å². The van der Waals surface area contributed by atoms with Gasteiger partial charge in [0.25, 0.3) is 0 Å². The second kappa shape index (κ2) is 4.47. The van der Waals surface area contributed by atoms with Crippen LogP contribution in [0.15, 0.2) is 33.5 Å². The molecular weight excluding hydrogens is 214 g/mol. The standard InChI is InChI=1S/C11H11NO2.ClH/c1-7-2-3-10-9(4-7)8(6-12)5-11(13)14-10;/h2-5H,6,12H2,1H3;1H. The molecule has 0 bridgehead atoms. The van der Waals surface area contributed by atoms with Crippen molar-refractivity contribution in [1.82, 2.24) is 0 Å². The molecule has 0 amide bonds. The van der Waals surface area contributed by atoms with Crippen molar-refractivity contribution in [2.45, 2.75) is 13.5 Å². The molecule has 0 atom stereocenters. The van der Waals surface area contributed by atoms with Gasteiger partial charge in [0, 0.05) is 17.0 Å². The van der Waals surface area contributed by atoms with E-state index in [0.717, 1.165) is 16.5 Å². The van der Waals surface area contributed by atoms with Crippen LogP contribution < -0.4 is 23.8 Å². The molecule has 3 N–H and O–H groups in total. The van der Waals surface area contributed by atoms with Gasteiger partial charge >= 0.3 is 5.63 Å². The molecule has 15 heavy (non-hydrogen) atoms. The number of benzene rings is 1. The Bertz CT molecular complexity index is 534. The lowest BCUT2D eigenvalue weighted by Crippen LogP contribution is -3.00. The molecule has 2 aromatic rings. The minimum absolute atomic E-state index is 0. The first-order valence-electron chi connectivity index (χ1n) is 4.53. The number of rotatable bonds is 1. The molecule has 0 aliphatic heterocycles. The van der Waals surface area contributed by atoms with Gasteiger partial charge in [-0.15, -0.1) is 0 Å². The minimum atomic E-state index is -0.306. The Hall–Kier alpha value is -1.32. The summed E-state index contributed by atoms with van der Waals surface area (Å²) in [7, 11) is 0. The third-order valence-corrected chi connectivity index (χ3v) is 2.25. The van der Waals surface area contributed by atoms with E-state index in [1.807, 2.05) is 25.1 Å². The maximum absolute atomic E-state index is 11.2. The summed E-state index contributed by atoms with van der Waals surface area (Å²) in [4.78, 5) is 11.2. The molecule has 0 aliphatic carbocycles. The summed E-state index contributed by atoms with van der Waals surface area (Å²) >= 11 is 0. The van der Waals surface area contributed by atoms with Crippen molar-refractivity contribution in [3.8, 4) is 0 Å². The largest absolute Gasteiger partial charge is 1.00 e. The van der Waals surface area contributed by atoms with E-state index in [2.05, 4.69) is 5.73 Å². The summed E-state index contributed by atoms with van der Waals surface area (Å²) < 4.78 is 5.08. The summed E-state index contributed by atoms with van der Waals surface area (Å²) in [5.74, 6) is 0. The van der Waals surface area contributed by atoms with E-state index in [1.165, 1.54) is 6.07 Å². The maximum atomic E-state index is 11.2. The highest BCUT2D eigenvalue weighted by Crippen LogP contribution is 2.17. The van der Waals surface area contributed by atoms with Crippen LogP contribution in [-0.4, -0.2) is 0 Å². The summed E-state index contributed by atoms with van der Waals surface area (Å²) in [6.07, 6.45) is 0. The zero-order chi connectivity index (χ0) is 10.1. The van der Waals surface area contributed by atoms with Crippen LogP contribution in [0.4, 0.5) is 0 Å². The molecule has 0 saturated carbocycles. The molecule has 1 aromatic heterocycles. The first kappa shape index (κ1) is 11.8. The highest BCUT2D eigenvalue weighted by atomic mass is 35.5. The average Bonchev–Trinajstić information content (AvgIpc) is 2.17. The number of quaternary nitrogens is 1. The van der Waals surface area contributed by atoms with Crippen molar-refractivity contribution < 1.29 is 22.6 Å². The minimum Gasteiger partial charge on any atom is -1.00 e. The van der Waals surface area contributed by atoms with Crippen molar-refractivity contribution in [2.75, 3.05) is 0 Å². The van der Waals surface area contributed by atoms with Crippen molar-refractivity contribution in [3.05, 3.63) is 45.8 Å². The Balaban J connectivity index is 0.00000112. The lowest BCUT2D eigenvalue weighted by atomic mass is 10.1. The van der Waals surface area contributed by atoms with Crippen molar-refractivity contribution in [2.24, 2.45) is 0 Å². The Morgan fingerprint density at radius 2 is 2.07 bits per heavy atom. The predicted molar refractivity (Wildman–Crippen MR) is 53.8 cm³/mol. The average molecular weight is 226 g/mol. The monoisotopic (exact) mass is 225 g/mol. The highest BCUT2D eigenvalue weighted by molar-refractivity contribution is 5.80. The highest BCUT2D eigenvalue weighted by Gasteiger charge is 2.04. The summed E-state index contributed by atoms with van der Waals surface area (Å²) in [6.45, 7) is 2.61. The van der Waals surface area contributed by atoms with E-state index in [0.29, 0.717) is 12.1 Å². The van der Waals surface area contributed by atoms with Gasteiger partial charge in [-0.1, -0.05) is 11.6 Å². The summed E-state index contributed by atoms with van der Waals surface area (Å²) in [5.41, 5.74) is 6.23. The SMILES string of the molecule is Cc1ccc2oc(=O)cc(C[NH3+])c2c1.[Cl-]. The zero-order valence-corrected chi connectivity index (χ0v) is 9.17. The van der Waals surface area contributed by atoms with E-state index in [1.54, 1.807) is 0 Å². The van der Waals surface area contributed by atoms with Gasteiger partial charge in [0.15, 0.2) is 0 Å². The van der Waals surface area contributed by atoms with Gasteiger partial charge in [-0.05, 0) is 19.1 Å². The van der Waals surface area contributed by atoms with Crippen LogP contribution in [0.3, 0.4) is 0 Å². The number of hydrogen-bond donors (Lipinski definition) is 1. The van der Waals surface area contributed by atoms with Gasteiger partial charge in [-0.2, -0.15) is 0 Å². The van der Waals surface area contributed by atoms with Gasteiger partial charge in [-0.25, -0.2) is 4.79 Å². The number of fused-ring (bicyclic) bond motifs is 1. The van der Waals surface area contributed by atoms with Crippen LogP contribution in [0.2, 0.25) is 0 Å². The Morgan fingerprint density at radius 1 is 1.33 bits per heavy atom. The van der Waals surface area contributed by atoms with Gasteiger partial charge in [0.05, 0.1) is 0 Å². The number of hydrogen-bond acceptors (Lipinski definition) is 2. The molecule has 1 aromatic carbocycles. The molecule has 1 heterocycles. The van der Waals surface area contributed by atoms with E-state index >= 15 is 0 Å². The smallest absolute Gasteiger partial charge is 0.336 e. The Kier molecular flexibility index (Phi) is 3.50. The molecule has 0 radical (unpaired) electrons. The molecule has 4 heteroatoms. The summed E-state index contributed by atoms with van der Waals surface area (Å²) in [6, 6.07) is 7.27. The third kappa shape index (κ3) is 2.19. The molecule has 0 spiro atoms. The summed E-state index contributed by atoms with van der Waals surface area (Å²) in [5, 5.41) is 0.986. The quantitative estimate of drug-likeness (QED) is 0.563. The first-order chi connectivity index (χ1) is 6.70. The van der Waals surface area contributed by atoms with Crippen molar-refractivity contribution >= 4 is 11.0 Å². The van der Waals surface area contributed by atoms with Crippen LogP contribution in [0.1, 0.15) is 11.1 Å². The maximum Gasteiger partial charge on any atom is 0.336 e.